The number of amides is 1. The van der Waals surface area contributed by atoms with Crippen LogP contribution in [0.25, 0.3) is 0 Å². The fraction of sp³-hybridized carbons (Fsp3) is 0.632. The van der Waals surface area contributed by atoms with Crippen LogP contribution < -0.4 is 10.6 Å². The Morgan fingerprint density at radius 3 is 2.59 bits per heavy atom. The molecule has 2 N–H and O–H groups in total. The molecule has 3 heteroatoms. The molecule has 0 bridgehead atoms. The lowest BCUT2D eigenvalue weighted by molar-refractivity contribution is -0.116. The molecule has 1 aromatic carbocycles. The Morgan fingerprint density at radius 1 is 1.18 bits per heavy atom. The third kappa shape index (κ3) is 5.13. The smallest absolute Gasteiger partial charge is 0.225 e. The summed E-state index contributed by atoms with van der Waals surface area (Å²) in [7, 11) is 0. The van der Waals surface area contributed by atoms with Crippen LogP contribution in [0.5, 0.6) is 0 Å². The molecule has 2 rings (SSSR count). The Bertz CT molecular complexity index is 476. The number of carbonyl (C=O) groups excluding carboxylic acids is 1. The maximum Gasteiger partial charge on any atom is 0.225 e. The van der Waals surface area contributed by atoms with Crippen LogP contribution in [0.4, 0.5) is 5.69 Å². The number of aryl methyl sites for hydroxylation is 2. The van der Waals surface area contributed by atoms with Gasteiger partial charge in [-0.05, 0) is 37.3 Å². The maximum absolute atomic E-state index is 12.2. The molecular formula is C19H30N2O. The third-order valence-corrected chi connectivity index (χ3v) is 4.64. The molecule has 0 heterocycles. The highest BCUT2D eigenvalue weighted by Crippen LogP contribution is 2.21. The molecule has 1 amide bonds. The van der Waals surface area contributed by atoms with Crippen molar-refractivity contribution in [2.75, 3.05) is 11.9 Å². The molecule has 0 atom stereocenters. The average molecular weight is 302 g/mol. The zero-order valence-electron chi connectivity index (χ0n) is 14.1. The van der Waals surface area contributed by atoms with Crippen molar-refractivity contribution < 1.29 is 4.79 Å². The summed E-state index contributed by atoms with van der Waals surface area (Å²) in [6, 6.07) is 6.81. The first-order valence-corrected chi connectivity index (χ1v) is 8.82. The van der Waals surface area contributed by atoms with Gasteiger partial charge >= 0.3 is 0 Å². The Hall–Kier alpha value is -1.35. The van der Waals surface area contributed by atoms with Gasteiger partial charge in [-0.1, -0.05) is 50.8 Å². The van der Waals surface area contributed by atoms with E-state index in [9.17, 15) is 4.79 Å². The highest BCUT2D eigenvalue weighted by atomic mass is 16.1. The summed E-state index contributed by atoms with van der Waals surface area (Å²) in [6.07, 6.45) is 9.40. The molecular weight excluding hydrogens is 272 g/mol. The van der Waals surface area contributed by atoms with Crippen molar-refractivity contribution in [3.05, 3.63) is 29.3 Å². The van der Waals surface area contributed by atoms with E-state index < -0.39 is 0 Å². The largest absolute Gasteiger partial charge is 0.326 e. The van der Waals surface area contributed by atoms with Crippen LogP contribution in [-0.4, -0.2) is 18.5 Å². The van der Waals surface area contributed by atoms with Crippen LogP contribution in [-0.2, 0) is 11.2 Å². The summed E-state index contributed by atoms with van der Waals surface area (Å²) in [5, 5.41) is 6.66. The van der Waals surface area contributed by atoms with Crippen LogP contribution in [0, 0.1) is 6.92 Å². The second-order valence-electron chi connectivity index (χ2n) is 6.40. The molecule has 1 saturated carbocycles. The van der Waals surface area contributed by atoms with E-state index in [1.807, 2.05) is 0 Å². The van der Waals surface area contributed by atoms with E-state index in [1.165, 1.54) is 44.1 Å². The number of carbonyl (C=O) groups is 1. The van der Waals surface area contributed by atoms with Crippen molar-refractivity contribution >= 4 is 11.6 Å². The Kier molecular flexibility index (Phi) is 6.91. The van der Waals surface area contributed by atoms with Crippen molar-refractivity contribution in [2.45, 2.75) is 71.3 Å². The van der Waals surface area contributed by atoms with Crippen molar-refractivity contribution in [1.82, 2.24) is 5.32 Å². The molecule has 0 radical (unpaired) electrons. The fourth-order valence-corrected chi connectivity index (χ4v) is 3.28. The van der Waals surface area contributed by atoms with Crippen LogP contribution in [0.3, 0.4) is 0 Å². The van der Waals surface area contributed by atoms with Crippen LogP contribution in [0.15, 0.2) is 18.2 Å². The first-order valence-electron chi connectivity index (χ1n) is 8.82. The highest BCUT2D eigenvalue weighted by molar-refractivity contribution is 5.92. The van der Waals surface area contributed by atoms with E-state index in [1.54, 1.807) is 0 Å². The van der Waals surface area contributed by atoms with E-state index in [4.69, 9.17) is 0 Å². The predicted octanol–water partition coefficient (Wildman–Crippen LogP) is 4.20. The SMILES string of the molecule is CCc1cccc(C)c1NC(=O)CCNC1CCCCCC1. The molecule has 3 nitrogen and oxygen atoms in total. The van der Waals surface area contributed by atoms with Gasteiger partial charge in [0.05, 0.1) is 0 Å². The van der Waals surface area contributed by atoms with Crippen molar-refractivity contribution in [2.24, 2.45) is 0 Å². The first-order chi connectivity index (χ1) is 10.7. The van der Waals surface area contributed by atoms with Gasteiger partial charge in [-0.2, -0.15) is 0 Å². The fourth-order valence-electron chi connectivity index (χ4n) is 3.28. The zero-order valence-corrected chi connectivity index (χ0v) is 14.1. The predicted molar refractivity (Wildman–Crippen MR) is 93.3 cm³/mol. The standard InChI is InChI=1S/C19H30N2O/c1-3-16-10-8-9-15(2)19(16)21-18(22)13-14-20-17-11-6-4-5-7-12-17/h8-10,17,20H,3-7,11-14H2,1-2H3,(H,21,22). The van der Waals surface area contributed by atoms with E-state index in [-0.39, 0.29) is 5.91 Å². The van der Waals surface area contributed by atoms with Gasteiger partial charge in [0.2, 0.25) is 5.91 Å². The average Bonchev–Trinajstić information content (AvgIpc) is 2.78. The molecule has 122 valence electrons. The quantitative estimate of drug-likeness (QED) is 0.773. The number of rotatable bonds is 6. The van der Waals surface area contributed by atoms with E-state index in [0.29, 0.717) is 12.5 Å². The maximum atomic E-state index is 12.2. The Labute approximate surface area is 134 Å². The lowest BCUT2D eigenvalue weighted by Crippen LogP contribution is -2.31. The topological polar surface area (TPSA) is 41.1 Å². The minimum atomic E-state index is 0.116. The van der Waals surface area contributed by atoms with Gasteiger partial charge in [0.1, 0.15) is 0 Å². The Balaban J connectivity index is 1.78. The second-order valence-corrected chi connectivity index (χ2v) is 6.40. The lowest BCUT2D eigenvalue weighted by atomic mass is 10.1. The van der Waals surface area contributed by atoms with Crippen LogP contribution in [0.2, 0.25) is 0 Å². The first kappa shape index (κ1) is 17.0. The van der Waals surface area contributed by atoms with Gasteiger partial charge in [0.15, 0.2) is 0 Å². The van der Waals surface area contributed by atoms with Crippen molar-refractivity contribution in [3.8, 4) is 0 Å². The van der Waals surface area contributed by atoms with Gasteiger partial charge < -0.3 is 10.6 Å². The number of benzene rings is 1. The number of anilines is 1. The number of nitrogens with one attached hydrogen (secondary N) is 2. The molecule has 0 saturated heterocycles. The summed E-state index contributed by atoms with van der Waals surface area (Å²) in [5.74, 6) is 0.116. The Morgan fingerprint density at radius 2 is 1.91 bits per heavy atom. The number of para-hydroxylation sites is 1. The number of hydrogen-bond donors (Lipinski definition) is 2. The van der Waals surface area contributed by atoms with E-state index in [0.717, 1.165) is 24.2 Å². The summed E-state index contributed by atoms with van der Waals surface area (Å²) >= 11 is 0. The molecule has 0 aliphatic heterocycles. The molecule has 0 unspecified atom stereocenters. The van der Waals surface area contributed by atoms with Gasteiger partial charge in [-0.15, -0.1) is 0 Å². The monoisotopic (exact) mass is 302 g/mol. The molecule has 1 aromatic rings. The van der Waals surface area contributed by atoms with Crippen molar-refractivity contribution in [1.29, 1.82) is 0 Å². The third-order valence-electron chi connectivity index (χ3n) is 4.64. The molecule has 1 fully saturated rings. The number of hydrogen-bond acceptors (Lipinski definition) is 2. The molecule has 22 heavy (non-hydrogen) atoms. The molecule has 0 aromatic heterocycles. The summed E-state index contributed by atoms with van der Waals surface area (Å²) in [4.78, 5) is 12.2. The van der Waals surface area contributed by atoms with E-state index in [2.05, 4.69) is 42.7 Å². The minimum absolute atomic E-state index is 0.116. The lowest BCUT2D eigenvalue weighted by Gasteiger charge is -2.17. The van der Waals surface area contributed by atoms with Gasteiger partial charge in [0.25, 0.3) is 0 Å². The van der Waals surface area contributed by atoms with Gasteiger partial charge in [-0.25, -0.2) is 0 Å². The van der Waals surface area contributed by atoms with Gasteiger partial charge in [0, 0.05) is 24.7 Å². The zero-order chi connectivity index (χ0) is 15.8. The summed E-state index contributed by atoms with van der Waals surface area (Å²) in [6.45, 7) is 4.96. The summed E-state index contributed by atoms with van der Waals surface area (Å²) in [5.41, 5.74) is 3.36. The summed E-state index contributed by atoms with van der Waals surface area (Å²) < 4.78 is 0. The highest BCUT2D eigenvalue weighted by Gasteiger charge is 2.13. The second kappa shape index (κ2) is 8.94. The van der Waals surface area contributed by atoms with Gasteiger partial charge in [-0.3, -0.25) is 4.79 Å². The van der Waals surface area contributed by atoms with E-state index >= 15 is 0 Å². The van der Waals surface area contributed by atoms with Crippen LogP contribution >= 0.6 is 0 Å². The molecule has 0 spiro atoms. The molecule has 1 aliphatic rings. The van der Waals surface area contributed by atoms with Crippen molar-refractivity contribution in [3.63, 3.8) is 0 Å². The van der Waals surface area contributed by atoms with Crippen LogP contribution in [0.1, 0.15) is 63.0 Å². The normalized spacial score (nSPS) is 16.3. The molecule has 1 aliphatic carbocycles. The minimum Gasteiger partial charge on any atom is -0.326 e.